The van der Waals surface area contributed by atoms with Crippen LogP contribution in [0.15, 0.2) is 23.6 Å². The van der Waals surface area contributed by atoms with Gasteiger partial charge in [0.1, 0.15) is 0 Å². The van der Waals surface area contributed by atoms with E-state index in [9.17, 15) is 22.0 Å². The minimum absolute atomic E-state index is 0.0629. The summed E-state index contributed by atoms with van der Waals surface area (Å²) >= 11 is 1.19. The van der Waals surface area contributed by atoms with Crippen LogP contribution in [0.25, 0.3) is 11.3 Å². The first-order valence-electron chi connectivity index (χ1n) is 9.15. The topological polar surface area (TPSA) is 82.6 Å². The second kappa shape index (κ2) is 8.82. The minimum Gasteiger partial charge on any atom is -0.301 e. The van der Waals surface area contributed by atoms with Crippen LogP contribution < -0.4 is 5.32 Å². The number of anilines is 1. The molecule has 0 aliphatic carbocycles. The van der Waals surface area contributed by atoms with E-state index in [0.29, 0.717) is 42.6 Å². The summed E-state index contributed by atoms with van der Waals surface area (Å²) in [5, 5.41) is 4.74. The van der Waals surface area contributed by atoms with E-state index in [2.05, 4.69) is 10.3 Å². The highest BCUT2D eigenvalue weighted by Crippen LogP contribution is 2.26. The molecule has 29 heavy (non-hydrogen) atoms. The predicted molar refractivity (Wildman–Crippen MR) is 108 cm³/mol. The molecule has 1 aliphatic rings. The van der Waals surface area contributed by atoms with E-state index in [1.54, 1.807) is 19.2 Å². The van der Waals surface area contributed by atoms with Crippen molar-refractivity contribution in [1.29, 1.82) is 0 Å². The van der Waals surface area contributed by atoms with Crippen molar-refractivity contribution in [2.75, 3.05) is 37.2 Å². The predicted octanol–water partition coefficient (Wildman–Crippen LogP) is 2.38. The lowest BCUT2D eigenvalue weighted by Gasteiger charge is -2.36. The zero-order chi connectivity index (χ0) is 21.2. The molecule has 7 nitrogen and oxygen atoms in total. The zero-order valence-corrected chi connectivity index (χ0v) is 17.7. The Balaban J connectivity index is 1.59. The Morgan fingerprint density at radius 1 is 1.24 bits per heavy atom. The number of nitrogens with zero attached hydrogens (tertiary/aromatic N) is 3. The van der Waals surface area contributed by atoms with Crippen LogP contribution in [0.2, 0.25) is 0 Å². The monoisotopic (exact) mass is 444 g/mol. The standard InChI is InChI=1S/C18H22F2N4O3S2/c1-3-29(26,27)24-8-6-23(7-9-24)12(2)17(25)22-18-21-16(11-28-18)13-4-5-14(19)15(20)10-13/h4-5,10-12H,3,6-9H2,1-2H3,(H,21,22,25). The van der Waals surface area contributed by atoms with Crippen molar-refractivity contribution < 1.29 is 22.0 Å². The second-order valence-electron chi connectivity index (χ2n) is 6.67. The van der Waals surface area contributed by atoms with Crippen molar-refractivity contribution in [1.82, 2.24) is 14.2 Å². The summed E-state index contributed by atoms with van der Waals surface area (Å²) in [6.45, 7) is 5.00. The summed E-state index contributed by atoms with van der Waals surface area (Å²) < 4.78 is 51.8. The molecule has 1 amide bonds. The number of thiazole rings is 1. The van der Waals surface area contributed by atoms with Gasteiger partial charge in [0, 0.05) is 37.1 Å². The molecular weight excluding hydrogens is 422 g/mol. The summed E-state index contributed by atoms with van der Waals surface area (Å²) in [6.07, 6.45) is 0. The van der Waals surface area contributed by atoms with E-state index in [0.717, 1.165) is 12.1 Å². The first-order chi connectivity index (χ1) is 13.7. The van der Waals surface area contributed by atoms with Gasteiger partial charge in [-0.2, -0.15) is 4.31 Å². The first-order valence-corrected chi connectivity index (χ1v) is 11.6. The van der Waals surface area contributed by atoms with Crippen molar-refractivity contribution in [3.05, 3.63) is 35.2 Å². The molecule has 1 N–H and O–H groups in total. The van der Waals surface area contributed by atoms with Gasteiger partial charge in [0.15, 0.2) is 16.8 Å². The Morgan fingerprint density at radius 3 is 2.55 bits per heavy atom. The molecule has 1 aromatic carbocycles. The number of sulfonamides is 1. The molecule has 1 aromatic heterocycles. The van der Waals surface area contributed by atoms with E-state index < -0.39 is 27.7 Å². The van der Waals surface area contributed by atoms with E-state index in [4.69, 9.17) is 0 Å². The summed E-state index contributed by atoms with van der Waals surface area (Å²) in [4.78, 5) is 18.7. The molecule has 0 spiro atoms. The number of nitrogens with one attached hydrogen (secondary N) is 1. The van der Waals surface area contributed by atoms with Crippen LogP contribution in [0.3, 0.4) is 0 Å². The molecule has 3 rings (SSSR count). The van der Waals surface area contributed by atoms with Crippen LogP contribution in [-0.2, 0) is 14.8 Å². The SMILES string of the molecule is CCS(=O)(=O)N1CCN(C(C)C(=O)Nc2nc(-c3ccc(F)c(F)c3)cs2)CC1. The largest absolute Gasteiger partial charge is 0.301 e. The number of amides is 1. The molecule has 0 radical (unpaired) electrons. The van der Waals surface area contributed by atoms with Crippen LogP contribution in [0.4, 0.5) is 13.9 Å². The molecule has 1 aliphatic heterocycles. The number of carbonyl (C=O) groups excluding carboxylic acids is 1. The third kappa shape index (κ3) is 4.97. The number of aromatic nitrogens is 1. The fourth-order valence-corrected chi connectivity index (χ4v) is 4.85. The van der Waals surface area contributed by atoms with Crippen LogP contribution >= 0.6 is 11.3 Å². The highest BCUT2D eigenvalue weighted by Gasteiger charge is 2.30. The van der Waals surface area contributed by atoms with Crippen molar-refractivity contribution in [3.8, 4) is 11.3 Å². The van der Waals surface area contributed by atoms with E-state index in [-0.39, 0.29) is 11.7 Å². The molecule has 1 saturated heterocycles. The number of hydrogen-bond donors (Lipinski definition) is 1. The molecule has 1 atom stereocenters. The molecular formula is C18H22F2N4O3S2. The van der Waals surface area contributed by atoms with Gasteiger partial charge in [0.05, 0.1) is 17.5 Å². The van der Waals surface area contributed by atoms with Gasteiger partial charge in [0.2, 0.25) is 15.9 Å². The maximum Gasteiger partial charge on any atom is 0.243 e. The molecule has 2 aromatic rings. The van der Waals surface area contributed by atoms with Gasteiger partial charge in [-0.25, -0.2) is 22.2 Å². The number of benzene rings is 1. The average molecular weight is 445 g/mol. The van der Waals surface area contributed by atoms with Crippen molar-refractivity contribution in [2.45, 2.75) is 19.9 Å². The van der Waals surface area contributed by atoms with Crippen molar-refractivity contribution >= 4 is 32.4 Å². The summed E-state index contributed by atoms with van der Waals surface area (Å²) in [5.41, 5.74) is 0.859. The van der Waals surface area contributed by atoms with Crippen molar-refractivity contribution in [3.63, 3.8) is 0 Å². The highest BCUT2D eigenvalue weighted by molar-refractivity contribution is 7.89. The number of rotatable bonds is 6. The Kier molecular flexibility index (Phi) is 6.62. The van der Waals surface area contributed by atoms with E-state index in [1.165, 1.54) is 21.7 Å². The number of carbonyl (C=O) groups is 1. The molecule has 0 bridgehead atoms. The lowest BCUT2D eigenvalue weighted by Crippen LogP contribution is -2.54. The fraction of sp³-hybridized carbons (Fsp3) is 0.444. The first kappa shape index (κ1) is 21.8. The summed E-state index contributed by atoms with van der Waals surface area (Å²) in [6, 6.07) is 3.05. The molecule has 1 fully saturated rings. The normalized spacial score (nSPS) is 17.2. The van der Waals surface area contributed by atoms with Gasteiger partial charge >= 0.3 is 0 Å². The molecule has 158 valence electrons. The smallest absolute Gasteiger partial charge is 0.243 e. The zero-order valence-electron chi connectivity index (χ0n) is 16.1. The summed E-state index contributed by atoms with van der Waals surface area (Å²) in [5.74, 6) is -2.09. The number of hydrogen-bond acceptors (Lipinski definition) is 6. The third-order valence-corrected chi connectivity index (χ3v) is 7.55. The second-order valence-corrected chi connectivity index (χ2v) is 9.78. The maximum absolute atomic E-state index is 13.4. The van der Waals surface area contributed by atoms with Crippen LogP contribution in [0.1, 0.15) is 13.8 Å². The van der Waals surface area contributed by atoms with Gasteiger partial charge in [-0.05, 0) is 32.0 Å². The number of halogens is 2. The van der Waals surface area contributed by atoms with E-state index >= 15 is 0 Å². The molecule has 0 saturated carbocycles. The molecule has 1 unspecified atom stereocenters. The van der Waals surface area contributed by atoms with Gasteiger partial charge in [0.25, 0.3) is 0 Å². The van der Waals surface area contributed by atoms with Gasteiger partial charge in [-0.3, -0.25) is 9.69 Å². The van der Waals surface area contributed by atoms with Gasteiger partial charge < -0.3 is 5.32 Å². The number of piperazine rings is 1. The van der Waals surface area contributed by atoms with E-state index in [1.807, 2.05) is 4.90 Å². The quantitative estimate of drug-likeness (QED) is 0.740. The Labute approximate surface area is 172 Å². The maximum atomic E-state index is 13.4. The molecule has 11 heteroatoms. The highest BCUT2D eigenvalue weighted by atomic mass is 32.2. The Hall–Kier alpha value is -1.95. The third-order valence-electron chi connectivity index (χ3n) is 4.91. The van der Waals surface area contributed by atoms with Crippen molar-refractivity contribution in [2.24, 2.45) is 0 Å². The van der Waals surface area contributed by atoms with Crippen LogP contribution in [0.5, 0.6) is 0 Å². The Morgan fingerprint density at radius 2 is 1.93 bits per heavy atom. The summed E-state index contributed by atoms with van der Waals surface area (Å²) in [7, 11) is -3.22. The van der Waals surface area contributed by atoms with Gasteiger partial charge in [-0.15, -0.1) is 11.3 Å². The fourth-order valence-electron chi connectivity index (χ4n) is 3.05. The lowest BCUT2D eigenvalue weighted by atomic mass is 10.2. The van der Waals surface area contributed by atoms with Crippen LogP contribution in [0, 0.1) is 11.6 Å². The Bertz CT molecular complexity index is 989. The van der Waals surface area contributed by atoms with Crippen LogP contribution in [-0.4, -0.2) is 66.5 Å². The van der Waals surface area contributed by atoms with Gasteiger partial charge in [-0.1, -0.05) is 0 Å². The minimum atomic E-state index is -3.22. The average Bonchev–Trinajstić information content (AvgIpc) is 3.18. The lowest BCUT2D eigenvalue weighted by molar-refractivity contribution is -0.121. The molecule has 2 heterocycles.